The van der Waals surface area contributed by atoms with Gasteiger partial charge in [-0.1, -0.05) is 13.8 Å². The Hall–Kier alpha value is -2.05. The lowest BCUT2D eigenvalue weighted by Crippen LogP contribution is -2.39. The van der Waals surface area contributed by atoms with Gasteiger partial charge in [0.15, 0.2) is 18.1 Å². The zero-order valence-corrected chi connectivity index (χ0v) is 12.1. The molecule has 1 aromatic heterocycles. The maximum absolute atomic E-state index is 11.9. The molecule has 0 aliphatic heterocycles. The smallest absolute Gasteiger partial charge is 0.454 e. The van der Waals surface area contributed by atoms with Crippen molar-refractivity contribution >= 4 is 11.9 Å². The summed E-state index contributed by atoms with van der Waals surface area (Å²) in [5.41, 5.74) is -1.42. The standard InChI is InChI=1S/C13H18O7/c1-7(2)10(14)20-13(4,5)11(15)17-6-9-8(3)18-12(16)19-9/h7H,6H2,1-5H3. The van der Waals surface area contributed by atoms with Gasteiger partial charge in [-0.15, -0.1) is 0 Å². The molecule has 0 aromatic carbocycles. The zero-order chi connectivity index (χ0) is 15.5. The highest BCUT2D eigenvalue weighted by Gasteiger charge is 2.34. The molecule has 0 aliphatic rings. The van der Waals surface area contributed by atoms with Gasteiger partial charge >= 0.3 is 17.8 Å². The highest BCUT2D eigenvalue weighted by atomic mass is 16.6. The predicted octanol–water partition coefficient (Wildman–Crippen LogP) is 1.56. The Bertz CT molecular complexity index is 547. The van der Waals surface area contributed by atoms with E-state index < -0.39 is 23.4 Å². The Morgan fingerprint density at radius 1 is 1.25 bits per heavy atom. The second-order valence-electron chi connectivity index (χ2n) is 5.10. The highest BCUT2D eigenvalue weighted by Crippen LogP contribution is 2.16. The Labute approximate surface area is 115 Å². The van der Waals surface area contributed by atoms with E-state index in [1.165, 1.54) is 20.8 Å². The van der Waals surface area contributed by atoms with Crippen LogP contribution in [0.5, 0.6) is 0 Å². The largest absolute Gasteiger partial charge is 0.519 e. The van der Waals surface area contributed by atoms with Gasteiger partial charge in [0, 0.05) is 0 Å². The molecule has 0 atom stereocenters. The highest BCUT2D eigenvalue weighted by molar-refractivity contribution is 5.83. The van der Waals surface area contributed by atoms with Crippen LogP contribution in [-0.2, 0) is 25.7 Å². The Morgan fingerprint density at radius 2 is 1.85 bits per heavy atom. The van der Waals surface area contributed by atoms with E-state index in [0.29, 0.717) is 0 Å². The summed E-state index contributed by atoms with van der Waals surface area (Å²) in [6.07, 6.45) is 0. The van der Waals surface area contributed by atoms with Crippen LogP contribution in [0.25, 0.3) is 0 Å². The van der Waals surface area contributed by atoms with E-state index >= 15 is 0 Å². The van der Waals surface area contributed by atoms with E-state index in [1.807, 2.05) is 0 Å². The SMILES string of the molecule is Cc1oc(=O)oc1COC(=O)C(C)(C)OC(=O)C(C)C. The lowest BCUT2D eigenvalue weighted by Gasteiger charge is -2.23. The van der Waals surface area contributed by atoms with Crippen molar-refractivity contribution in [1.29, 1.82) is 0 Å². The molecule has 0 N–H and O–H groups in total. The fraction of sp³-hybridized carbons (Fsp3) is 0.615. The first-order valence-electron chi connectivity index (χ1n) is 6.13. The normalized spacial score (nSPS) is 11.5. The van der Waals surface area contributed by atoms with Gasteiger partial charge in [-0.3, -0.25) is 4.79 Å². The first-order chi connectivity index (χ1) is 9.13. The van der Waals surface area contributed by atoms with Crippen molar-refractivity contribution < 1.29 is 27.9 Å². The third-order valence-electron chi connectivity index (χ3n) is 2.49. The van der Waals surface area contributed by atoms with Crippen molar-refractivity contribution in [2.24, 2.45) is 5.92 Å². The molecule has 0 bridgehead atoms. The molecule has 7 heteroatoms. The van der Waals surface area contributed by atoms with E-state index in [-0.39, 0.29) is 24.0 Å². The minimum atomic E-state index is -1.42. The van der Waals surface area contributed by atoms with E-state index in [1.54, 1.807) is 13.8 Å². The second-order valence-corrected chi connectivity index (χ2v) is 5.10. The van der Waals surface area contributed by atoms with Gasteiger partial charge in [0.25, 0.3) is 0 Å². The number of rotatable bonds is 5. The summed E-state index contributed by atoms with van der Waals surface area (Å²) in [6.45, 7) is 7.42. The summed E-state index contributed by atoms with van der Waals surface area (Å²) in [4.78, 5) is 34.2. The fourth-order valence-electron chi connectivity index (χ4n) is 1.22. The molecule has 20 heavy (non-hydrogen) atoms. The number of aryl methyl sites for hydroxylation is 1. The molecule has 0 unspecified atom stereocenters. The minimum absolute atomic E-state index is 0.120. The summed E-state index contributed by atoms with van der Waals surface area (Å²) < 4.78 is 19.3. The van der Waals surface area contributed by atoms with Crippen molar-refractivity contribution in [3.8, 4) is 0 Å². The van der Waals surface area contributed by atoms with Crippen LogP contribution in [0.4, 0.5) is 0 Å². The number of hydrogen-bond donors (Lipinski definition) is 0. The number of ether oxygens (including phenoxy) is 2. The van der Waals surface area contributed by atoms with Gasteiger partial charge < -0.3 is 18.3 Å². The first-order valence-corrected chi connectivity index (χ1v) is 6.13. The molecule has 7 nitrogen and oxygen atoms in total. The number of hydrogen-bond acceptors (Lipinski definition) is 7. The number of carbonyl (C=O) groups is 2. The third kappa shape index (κ3) is 3.97. The van der Waals surface area contributed by atoms with Crippen LogP contribution in [0.3, 0.4) is 0 Å². The third-order valence-corrected chi connectivity index (χ3v) is 2.49. The maximum atomic E-state index is 11.9. The molecule has 1 rings (SSSR count). The van der Waals surface area contributed by atoms with Crippen LogP contribution < -0.4 is 5.82 Å². The van der Waals surface area contributed by atoms with E-state index in [9.17, 15) is 14.4 Å². The van der Waals surface area contributed by atoms with Crippen molar-refractivity contribution in [2.75, 3.05) is 0 Å². The molecule has 1 heterocycles. The lowest BCUT2D eigenvalue weighted by molar-refractivity contribution is -0.181. The predicted molar refractivity (Wildman–Crippen MR) is 66.8 cm³/mol. The van der Waals surface area contributed by atoms with E-state index in [2.05, 4.69) is 8.83 Å². The average molecular weight is 286 g/mol. The molecule has 0 radical (unpaired) electrons. The van der Waals surface area contributed by atoms with Crippen LogP contribution in [0.2, 0.25) is 0 Å². The van der Waals surface area contributed by atoms with Crippen LogP contribution >= 0.6 is 0 Å². The lowest BCUT2D eigenvalue weighted by atomic mass is 10.1. The Balaban J connectivity index is 2.63. The molecule has 1 aromatic rings. The van der Waals surface area contributed by atoms with E-state index in [4.69, 9.17) is 9.47 Å². The van der Waals surface area contributed by atoms with Crippen LogP contribution in [0, 0.1) is 12.8 Å². The van der Waals surface area contributed by atoms with Crippen LogP contribution in [-0.4, -0.2) is 17.5 Å². The molecule has 0 saturated carbocycles. The van der Waals surface area contributed by atoms with Crippen molar-refractivity contribution in [3.63, 3.8) is 0 Å². The summed E-state index contributed by atoms with van der Waals surface area (Å²) in [7, 11) is 0. The summed E-state index contributed by atoms with van der Waals surface area (Å²) in [5, 5.41) is 0. The maximum Gasteiger partial charge on any atom is 0.519 e. The Kier molecular flexibility index (Phi) is 4.75. The van der Waals surface area contributed by atoms with Gasteiger partial charge in [-0.05, 0) is 20.8 Å². The fourth-order valence-corrected chi connectivity index (χ4v) is 1.22. The van der Waals surface area contributed by atoms with Gasteiger partial charge in [0.05, 0.1) is 5.92 Å². The monoisotopic (exact) mass is 286 g/mol. The quantitative estimate of drug-likeness (QED) is 0.758. The second kappa shape index (κ2) is 5.94. The molecular weight excluding hydrogens is 268 g/mol. The first kappa shape index (κ1) is 16.0. The van der Waals surface area contributed by atoms with Gasteiger partial charge in [-0.25, -0.2) is 9.59 Å². The zero-order valence-electron chi connectivity index (χ0n) is 12.1. The van der Waals surface area contributed by atoms with E-state index in [0.717, 1.165) is 0 Å². The van der Waals surface area contributed by atoms with Crippen molar-refractivity contribution in [2.45, 2.75) is 46.8 Å². The van der Waals surface area contributed by atoms with Crippen LogP contribution in [0.1, 0.15) is 39.2 Å². The van der Waals surface area contributed by atoms with Gasteiger partial charge in [-0.2, -0.15) is 0 Å². The number of esters is 2. The van der Waals surface area contributed by atoms with Crippen LogP contribution in [0.15, 0.2) is 13.6 Å². The molecule has 0 fully saturated rings. The molecule has 0 spiro atoms. The Morgan fingerprint density at radius 3 is 2.30 bits per heavy atom. The van der Waals surface area contributed by atoms with Gasteiger partial charge in [0.2, 0.25) is 5.60 Å². The van der Waals surface area contributed by atoms with Crippen molar-refractivity contribution in [3.05, 3.63) is 22.1 Å². The molecular formula is C13H18O7. The molecule has 0 aliphatic carbocycles. The van der Waals surface area contributed by atoms with Crippen molar-refractivity contribution in [1.82, 2.24) is 0 Å². The summed E-state index contributed by atoms with van der Waals surface area (Å²) in [6, 6.07) is 0. The minimum Gasteiger partial charge on any atom is -0.454 e. The summed E-state index contributed by atoms with van der Waals surface area (Å²) >= 11 is 0. The van der Waals surface area contributed by atoms with Gasteiger partial charge in [0.1, 0.15) is 0 Å². The number of carbonyl (C=O) groups excluding carboxylic acids is 2. The molecule has 0 saturated heterocycles. The topological polar surface area (TPSA) is 96.0 Å². The average Bonchev–Trinajstić information content (AvgIpc) is 2.63. The molecule has 112 valence electrons. The summed E-state index contributed by atoms with van der Waals surface area (Å²) in [5.74, 6) is -2.10. The molecule has 0 amide bonds.